The molecule has 0 N–H and O–H groups in total. The highest BCUT2D eigenvalue weighted by molar-refractivity contribution is 5.94. The number of fused-ring (bicyclic) bond motifs is 1. The maximum Gasteiger partial charge on any atom is 0.289 e. The van der Waals surface area contributed by atoms with E-state index in [1.54, 1.807) is 12.1 Å². The van der Waals surface area contributed by atoms with Crippen LogP contribution in [0.5, 0.6) is 0 Å². The summed E-state index contributed by atoms with van der Waals surface area (Å²) in [6.45, 7) is 4.90. The first kappa shape index (κ1) is 18.4. The van der Waals surface area contributed by atoms with E-state index in [0.717, 1.165) is 35.4 Å². The van der Waals surface area contributed by atoms with Gasteiger partial charge in [0.05, 0.1) is 11.8 Å². The lowest BCUT2D eigenvalue weighted by atomic mass is 10.0. The lowest BCUT2D eigenvalue weighted by molar-refractivity contribution is 0.0714. The van der Waals surface area contributed by atoms with Crippen LogP contribution in [0.25, 0.3) is 22.0 Å². The van der Waals surface area contributed by atoms with Crippen LogP contribution in [0.1, 0.15) is 16.1 Å². The number of piperazine rings is 1. The Labute approximate surface area is 175 Å². The Kier molecular flexibility index (Phi) is 4.71. The van der Waals surface area contributed by atoms with Gasteiger partial charge in [-0.2, -0.15) is 0 Å². The molecule has 5 rings (SSSR count). The zero-order valence-electron chi connectivity index (χ0n) is 16.9. The minimum Gasteiger partial charge on any atom is -0.459 e. The third-order valence-electron chi connectivity index (χ3n) is 5.69. The number of aromatic nitrogens is 1. The third kappa shape index (κ3) is 3.43. The Balaban J connectivity index is 1.40. The second-order valence-electron chi connectivity index (χ2n) is 7.67. The molecule has 1 aliphatic rings. The fourth-order valence-electron chi connectivity index (χ4n) is 3.97. The first-order chi connectivity index (χ1) is 14.7. The minimum absolute atomic E-state index is 0.0484. The molecule has 1 aliphatic heterocycles. The largest absolute Gasteiger partial charge is 0.459 e. The van der Waals surface area contributed by atoms with E-state index in [9.17, 15) is 4.79 Å². The highest BCUT2D eigenvalue weighted by atomic mass is 16.3. The second-order valence-corrected chi connectivity index (χ2v) is 7.67. The first-order valence-electron chi connectivity index (χ1n) is 10.2. The molecule has 0 unspecified atom stereocenters. The summed E-state index contributed by atoms with van der Waals surface area (Å²) >= 11 is 0. The smallest absolute Gasteiger partial charge is 0.289 e. The summed E-state index contributed by atoms with van der Waals surface area (Å²) in [4.78, 5) is 21.6. The molecule has 5 nitrogen and oxygen atoms in total. The average Bonchev–Trinajstić information content (AvgIpc) is 3.34. The van der Waals surface area contributed by atoms with Crippen molar-refractivity contribution in [3.63, 3.8) is 0 Å². The molecule has 0 bridgehead atoms. The molecule has 5 heteroatoms. The Morgan fingerprint density at radius 2 is 1.70 bits per heavy atom. The van der Waals surface area contributed by atoms with Gasteiger partial charge in [0, 0.05) is 37.1 Å². The standard InChI is InChI=1S/C25H23N3O2/c1-18-7-9-19(10-8-18)21-5-2-4-20-11-12-23(26-24(20)21)27-13-15-28(16-14-27)25(29)22-6-3-17-30-22/h2-12,17H,13-16H2,1H3. The summed E-state index contributed by atoms with van der Waals surface area (Å²) in [5.74, 6) is 1.30. The number of hydrogen-bond donors (Lipinski definition) is 0. The highest BCUT2D eigenvalue weighted by Crippen LogP contribution is 2.29. The van der Waals surface area contributed by atoms with Crippen LogP contribution in [-0.2, 0) is 0 Å². The molecule has 4 aromatic rings. The number of anilines is 1. The lowest BCUT2D eigenvalue weighted by Crippen LogP contribution is -2.49. The van der Waals surface area contributed by atoms with Crippen molar-refractivity contribution in [3.05, 3.63) is 84.3 Å². The van der Waals surface area contributed by atoms with Crippen LogP contribution in [0, 0.1) is 6.92 Å². The van der Waals surface area contributed by atoms with Gasteiger partial charge in [-0.3, -0.25) is 4.79 Å². The number of benzene rings is 2. The molecule has 0 atom stereocenters. The van der Waals surface area contributed by atoms with E-state index in [0.29, 0.717) is 18.8 Å². The number of rotatable bonds is 3. The summed E-state index contributed by atoms with van der Waals surface area (Å²) in [5.41, 5.74) is 4.56. The van der Waals surface area contributed by atoms with Gasteiger partial charge in [0.25, 0.3) is 5.91 Å². The zero-order valence-corrected chi connectivity index (χ0v) is 16.9. The minimum atomic E-state index is -0.0484. The van der Waals surface area contributed by atoms with Gasteiger partial charge in [0.2, 0.25) is 0 Å². The molecule has 150 valence electrons. The van der Waals surface area contributed by atoms with E-state index in [1.165, 1.54) is 17.4 Å². The molecular weight excluding hydrogens is 374 g/mol. The summed E-state index contributed by atoms with van der Waals surface area (Å²) in [6, 6.07) is 22.5. The molecule has 1 amide bonds. The normalized spacial score (nSPS) is 14.3. The molecule has 2 aromatic heterocycles. The van der Waals surface area contributed by atoms with Gasteiger partial charge < -0.3 is 14.2 Å². The summed E-state index contributed by atoms with van der Waals surface area (Å²) in [6.07, 6.45) is 1.54. The van der Waals surface area contributed by atoms with Gasteiger partial charge >= 0.3 is 0 Å². The molecule has 1 saturated heterocycles. The van der Waals surface area contributed by atoms with Crippen molar-refractivity contribution in [2.24, 2.45) is 0 Å². The van der Waals surface area contributed by atoms with E-state index in [2.05, 4.69) is 66.4 Å². The van der Waals surface area contributed by atoms with Gasteiger partial charge in [-0.1, -0.05) is 48.0 Å². The Morgan fingerprint density at radius 1 is 0.900 bits per heavy atom. The molecule has 30 heavy (non-hydrogen) atoms. The van der Waals surface area contributed by atoms with Crippen molar-refractivity contribution >= 4 is 22.6 Å². The van der Waals surface area contributed by atoms with Crippen LogP contribution in [0.4, 0.5) is 5.82 Å². The number of carbonyl (C=O) groups excluding carboxylic acids is 1. The van der Waals surface area contributed by atoms with E-state index in [-0.39, 0.29) is 5.91 Å². The Bertz CT molecular complexity index is 1170. The van der Waals surface area contributed by atoms with Crippen molar-refractivity contribution in [1.82, 2.24) is 9.88 Å². The molecule has 2 aromatic carbocycles. The fourth-order valence-corrected chi connectivity index (χ4v) is 3.97. The fraction of sp³-hybridized carbons (Fsp3) is 0.200. The van der Waals surface area contributed by atoms with Crippen molar-refractivity contribution in [2.45, 2.75) is 6.92 Å². The lowest BCUT2D eigenvalue weighted by Gasteiger charge is -2.35. The third-order valence-corrected chi connectivity index (χ3v) is 5.69. The predicted octanol–water partition coefficient (Wildman–Crippen LogP) is 4.77. The monoisotopic (exact) mass is 397 g/mol. The summed E-state index contributed by atoms with van der Waals surface area (Å²) in [5, 5.41) is 1.13. The molecular formula is C25H23N3O2. The van der Waals surface area contributed by atoms with Crippen LogP contribution in [0.3, 0.4) is 0 Å². The maximum atomic E-state index is 12.5. The number of carbonyl (C=O) groups is 1. The van der Waals surface area contributed by atoms with Crippen LogP contribution in [0.15, 0.2) is 77.4 Å². The maximum absolute atomic E-state index is 12.5. The summed E-state index contributed by atoms with van der Waals surface area (Å²) in [7, 11) is 0. The number of amides is 1. The average molecular weight is 397 g/mol. The topological polar surface area (TPSA) is 49.6 Å². The van der Waals surface area contributed by atoms with Crippen LogP contribution in [-0.4, -0.2) is 42.0 Å². The number of aryl methyl sites for hydroxylation is 1. The van der Waals surface area contributed by atoms with Crippen molar-refractivity contribution in [1.29, 1.82) is 0 Å². The number of nitrogens with zero attached hydrogens (tertiary/aromatic N) is 3. The van der Waals surface area contributed by atoms with Gasteiger partial charge in [0.1, 0.15) is 5.82 Å². The van der Waals surface area contributed by atoms with E-state index < -0.39 is 0 Å². The number of para-hydroxylation sites is 1. The van der Waals surface area contributed by atoms with Gasteiger partial charge in [-0.25, -0.2) is 4.98 Å². The number of hydrogen-bond acceptors (Lipinski definition) is 4. The van der Waals surface area contributed by atoms with Crippen molar-refractivity contribution in [2.75, 3.05) is 31.1 Å². The Morgan fingerprint density at radius 3 is 2.43 bits per heavy atom. The van der Waals surface area contributed by atoms with Crippen LogP contribution < -0.4 is 4.90 Å². The van der Waals surface area contributed by atoms with Crippen LogP contribution in [0.2, 0.25) is 0 Å². The van der Waals surface area contributed by atoms with Crippen molar-refractivity contribution < 1.29 is 9.21 Å². The van der Waals surface area contributed by atoms with Gasteiger partial charge in [-0.15, -0.1) is 0 Å². The molecule has 0 spiro atoms. The predicted molar refractivity (Wildman–Crippen MR) is 119 cm³/mol. The molecule has 0 aliphatic carbocycles. The second kappa shape index (κ2) is 7.67. The number of pyridine rings is 1. The van der Waals surface area contributed by atoms with Crippen molar-refractivity contribution in [3.8, 4) is 11.1 Å². The Hall–Kier alpha value is -3.60. The van der Waals surface area contributed by atoms with Gasteiger partial charge in [-0.05, 0) is 36.8 Å². The quantitative estimate of drug-likeness (QED) is 0.500. The van der Waals surface area contributed by atoms with Gasteiger partial charge in [0.15, 0.2) is 5.76 Å². The highest BCUT2D eigenvalue weighted by Gasteiger charge is 2.24. The SMILES string of the molecule is Cc1ccc(-c2cccc3ccc(N4CCN(C(=O)c5ccco5)CC4)nc23)cc1. The van der Waals surface area contributed by atoms with E-state index in [1.807, 2.05) is 4.90 Å². The molecule has 0 radical (unpaired) electrons. The zero-order chi connectivity index (χ0) is 20.5. The molecule has 3 heterocycles. The summed E-state index contributed by atoms with van der Waals surface area (Å²) < 4.78 is 5.25. The molecule has 1 fully saturated rings. The van der Waals surface area contributed by atoms with E-state index in [4.69, 9.17) is 9.40 Å². The first-order valence-corrected chi connectivity index (χ1v) is 10.2. The van der Waals surface area contributed by atoms with E-state index >= 15 is 0 Å². The van der Waals surface area contributed by atoms with Crippen LogP contribution >= 0.6 is 0 Å². The molecule has 0 saturated carbocycles. The number of furan rings is 1.